The highest BCUT2D eigenvalue weighted by molar-refractivity contribution is 7.80. The molecule has 5 nitrogen and oxygen atoms in total. The first kappa shape index (κ1) is 21.9. The third-order valence-electron chi connectivity index (χ3n) is 4.35. The zero-order valence-electron chi connectivity index (χ0n) is 17.0. The number of pyridine rings is 1. The Morgan fingerprint density at radius 2 is 1.63 bits per heavy atom. The van der Waals surface area contributed by atoms with Crippen LogP contribution >= 0.6 is 0 Å². The molecule has 0 aliphatic rings. The van der Waals surface area contributed by atoms with Crippen molar-refractivity contribution in [1.29, 1.82) is 0 Å². The molecular formula is C22H21F2N2O3S-. The topological polar surface area (TPSA) is 65.5 Å². The van der Waals surface area contributed by atoms with Gasteiger partial charge in [-0.2, -0.15) is 0 Å². The fraction of sp³-hybridized carbons (Fsp3) is 0.227. The Labute approximate surface area is 176 Å². The van der Waals surface area contributed by atoms with Crippen LogP contribution in [-0.4, -0.2) is 19.8 Å². The van der Waals surface area contributed by atoms with Gasteiger partial charge in [-0.05, 0) is 75.7 Å². The molecule has 0 saturated heterocycles. The van der Waals surface area contributed by atoms with Crippen molar-refractivity contribution < 1.29 is 22.3 Å². The second-order valence-electron chi connectivity index (χ2n) is 7.13. The molecule has 0 aliphatic carbocycles. The van der Waals surface area contributed by atoms with Crippen LogP contribution in [0.3, 0.4) is 0 Å². The third-order valence-corrected chi connectivity index (χ3v) is 5.31. The Morgan fingerprint density at radius 3 is 2.20 bits per heavy atom. The average molecular weight is 431 g/mol. The number of aromatic nitrogens is 1. The van der Waals surface area contributed by atoms with E-state index in [9.17, 15) is 17.5 Å². The van der Waals surface area contributed by atoms with Crippen molar-refractivity contribution in [1.82, 2.24) is 4.98 Å². The van der Waals surface area contributed by atoms with E-state index in [1.165, 1.54) is 10.4 Å². The van der Waals surface area contributed by atoms with Gasteiger partial charge in [0.1, 0.15) is 11.6 Å². The van der Waals surface area contributed by atoms with Crippen LogP contribution in [0.25, 0.3) is 11.1 Å². The SMILES string of the molecule is Cc1cc(-c2cc(N(C(C)C)S(=O)[O-])ccc2Oc2ccc(F)cc2F)cc(C)n1. The lowest BCUT2D eigenvalue weighted by atomic mass is 10.0. The fourth-order valence-electron chi connectivity index (χ4n) is 3.19. The Balaban J connectivity index is 2.17. The van der Waals surface area contributed by atoms with Gasteiger partial charge < -0.3 is 13.6 Å². The quantitative estimate of drug-likeness (QED) is 0.487. The minimum Gasteiger partial charge on any atom is -0.755 e. The summed E-state index contributed by atoms with van der Waals surface area (Å²) in [4.78, 5) is 4.36. The monoisotopic (exact) mass is 431 g/mol. The lowest BCUT2D eigenvalue weighted by Crippen LogP contribution is -2.32. The molecule has 3 aromatic rings. The van der Waals surface area contributed by atoms with Gasteiger partial charge in [-0.3, -0.25) is 9.19 Å². The summed E-state index contributed by atoms with van der Waals surface area (Å²) < 4.78 is 57.9. The molecule has 0 N–H and O–H groups in total. The van der Waals surface area contributed by atoms with Crippen LogP contribution in [-0.2, 0) is 11.3 Å². The zero-order chi connectivity index (χ0) is 22.0. The predicted octanol–water partition coefficient (Wildman–Crippen LogP) is 5.44. The molecule has 0 spiro atoms. The molecule has 0 bridgehead atoms. The van der Waals surface area contributed by atoms with E-state index in [4.69, 9.17) is 4.74 Å². The van der Waals surface area contributed by atoms with Crippen molar-refractivity contribution in [2.75, 3.05) is 4.31 Å². The first-order valence-corrected chi connectivity index (χ1v) is 10.3. The van der Waals surface area contributed by atoms with Gasteiger partial charge in [-0.15, -0.1) is 0 Å². The molecule has 0 amide bonds. The van der Waals surface area contributed by atoms with E-state index >= 15 is 0 Å². The van der Waals surface area contributed by atoms with Gasteiger partial charge in [0.25, 0.3) is 0 Å². The minimum atomic E-state index is -2.48. The maximum atomic E-state index is 14.2. The van der Waals surface area contributed by atoms with E-state index in [1.807, 2.05) is 26.0 Å². The highest BCUT2D eigenvalue weighted by atomic mass is 32.2. The maximum Gasteiger partial charge on any atom is 0.168 e. The van der Waals surface area contributed by atoms with Crippen LogP contribution in [0.15, 0.2) is 48.5 Å². The molecule has 2 aromatic carbocycles. The lowest BCUT2D eigenvalue weighted by molar-refractivity contribution is 0.439. The zero-order valence-corrected chi connectivity index (χ0v) is 17.8. The molecule has 0 aliphatic heterocycles. The molecule has 158 valence electrons. The first-order chi connectivity index (χ1) is 14.2. The highest BCUT2D eigenvalue weighted by Gasteiger charge is 2.17. The second-order valence-corrected chi connectivity index (χ2v) is 7.96. The van der Waals surface area contributed by atoms with Crippen LogP contribution in [0.4, 0.5) is 14.5 Å². The van der Waals surface area contributed by atoms with E-state index in [-0.39, 0.29) is 11.8 Å². The van der Waals surface area contributed by atoms with Gasteiger partial charge in [-0.25, -0.2) is 8.78 Å². The predicted molar refractivity (Wildman–Crippen MR) is 112 cm³/mol. The summed E-state index contributed by atoms with van der Waals surface area (Å²) in [5, 5.41) is 0. The smallest absolute Gasteiger partial charge is 0.168 e. The Morgan fingerprint density at radius 1 is 1.00 bits per heavy atom. The van der Waals surface area contributed by atoms with Crippen molar-refractivity contribution in [3.63, 3.8) is 0 Å². The fourth-order valence-corrected chi connectivity index (χ4v) is 3.82. The van der Waals surface area contributed by atoms with E-state index in [0.29, 0.717) is 17.0 Å². The number of benzene rings is 2. The van der Waals surface area contributed by atoms with Crippen molar-refractivity contribution >= 4 is 17.0 Å². The summed E-state index contributed by atoms with van der Waals surface area (Å²) in [6.45, 7) is 7.20. The number of aryl methyl sites for hydroxylation is 2. The molecular weight excluding hydrogens is 410 g/mol. The summed E-state index contributed by atoms with van der Waals surface area (Å²) >= 11 is -2.48. The van der Waals surface area contributed by atoms with Crippen LogP contribution in [0.1, 0.15) is 25.2 Å². The maximum absolute atomic E-state index is 14.2. The van der Waals surface area contributed by atoms with Gasteiger partial charge in [-0.1, -0.05) is 0 Å². The van der Waals surface area contributed by atoms with Gasteiger partial charge in [0, 0.05) is 46.0 Å². The number of hydrogen-bond donors (Lipinski definition) is 0. The number of rotatable bonds is 6. The summed E-state index contributed by atoms with van der Waals surface area (Å²) in [7, 11) is 0. The van der Waals surface area contributed by atoms with Crippen molar-refractivity contribution in [2.45, 2.75) is 33.7 Å². The summed E-state index contributed by atoms with van der Waals surface area (Å²) in [5.74, 6) is -1.38. The third kappa shape index (κ3) is 4.83. The van der Waals surface area contributed by atoms with Crippen molar-refractivity contribution in [3.8, 4) is 22.6 Å². The highest BCUT2D eigenvalue weighted by Crippen LogP contribution is 2.38. The molecule has 1 atom stereocenters. The summed E-state index contributed by atoms with van der Waals surface area (Å²) in [6, 6.07) is 11.2. The molecule has 30 heavy (non-hydrogen) atoms. The molecule has 1 unspecified atom stereocenters. The molecule has 8 heteroatoms. The summed E-state index contributed by atoms with van der Waals surface area (Å²) in [5.41, 5.74) is 3.26. The molecule has 1 aromatic heterocycles. The van der Waals surface area contributed by atoms with Gasteiger partial charge in [0.2, 0.25) is 0 Å². The van der Waals surface area contributed by atoms with Gasteiger partial charge >= 0.3 is 0 Å². The van der Waals surface area contributed by atoms with Crippen molar-refractivity contribution in [3.05, 3.63) is 71.6 Å². The van der Waals surface area contributed by atoms with E-state index < -0.39 is 22.9 Å². The minimum absolute atomic E-state index is 0.138. The average Bonchev–Trinajstić information content (AvgIpc) is 2.63. The van der Waals surface area contributed by atoms with Crippen LogP contribution in [0.5, 0.6) is 11.5 Å². The van der Waals surface area contributed by atoms with Gasteiger partial charge in [0.05, 0.1) is 0 Å². The van der Waals surface area contributed by atoms with Crippen LogP contribution < -0.4 is 9.04 Å². The second kappa shape index (κ2) is 8.89. The van der Waals surface area contributed by atoms with Crippen molar-refractivity contribution in [2.24, 2.45) is 0 Å². The van der Waals surface area contributed by atoms with E-state index in [2.05, 4.69) is 4.98 Å². The molecule has 0 radical (unpaired) electrons. The number of hydrogen-bond acceptors (Lipinski definition) is 4. The lowest BCUT2D eigenvalue weighted by Gasteiger charge is -2.31. The molecule has 0 saturated carbocycles. The standard InChI is InChI=1S/C22H22F2N2O3S/c1-13(2)26(30(27)28)18-6-8-21(29-22-7-5-17(23)11-20(22)24)19(12-18)16-9-14(3)25-15(4)10-16/h5-13H,1-4H3,(H,27,28)/p-1. The Kier molecular flexibility index (Phi) is 6.48. The molecule has 3 rings (SSSR count). The summed E-state index contributed by atoms with van der Waals surface area (Å²) in [6.07, 6.45) is 0. The largest absolute Gasteiger partial charge is 0.755 e. The van der Waals surface area contributed by atoms with E-state index in [0.717, 1.165) is 29.1 Å². The van der Waals surface area contributed by atoms with Crippen LogP contribution in [0.2, 0.25) is 0 Å². The molecule has 0 fully saturated rings. The number of ether oxygens (including phenoxy) is 1. The number of nitrogens with zero attached hydrogens (tertiary/aromatic N) is 2. The Bertz CT molecular complexity index is 1090. The number of anilines is 1. The molecule has 1 heterocycles. The van der Waals surface area contributed by atoms with Crippen LogP contribution in [0, 0.1) is 25.5 Å². The van der Waals surface area contributed by atoms with Gasteiger partial charge in [0.15, 0.2) is 11.6 Å². The van der Waals surface area contributed by atoms with E-state index in [1.54, 1.807) is 32.0 Å². The number of halogens is 2. The first-order valence-electron chi connectivity index (χ1n) is 9.27. The Hall–Kier alpha value is -2.84. The normalized spacial score (nSPS) is 12.1.